The largest absolute Gasteiger partial charge is 0.464 e. The lowest BCUT2D eigenvalue weighted by Crippen LogP contribution is -2.23. The van der Waals surface area contributed by atoms with Crippen molar-refractivity contribution in [2.24, 2.45) is 5.92 Å². The van der Waals surface area contributed by atoms with Crippen LogP contribution >= 0.6 is 0 Å². The van der Waals surface area contributed by atoms with Crippen molar-refractivity contribution in [3.05, 3.63) is 22.4 Å². The van der Waals surface area contributed by atoms with Crippen LogP contribution in [0.5, 0.6) is 0 Å². The first kappa shape index (κ1) is 14.1. The SMILES string of the molecule is CCC(C(=O)OCC(C)C)n1ccc([N+](=O)[O-])n1. The normalized spacial score (nSPS) is 12.4. The van der Waals surface area contributed by atoms with Crippen LogP contribution < -0.4 is 0 Å². The number of hydrogen-bond donors (Lipinski definition) is 0. The Balaban J connectivity index is 2.75. The summed E-state index contributed by atoms with van der Waals surface area (Å²) in [6.45, 7) is 6.01. The van der Waals surface area contributed by atoms with Crippen molar-refractivity contribution < 1.29 is 14.5 Å². The van der Waals surface area contributed by atoms with Gasteiger partial charge >= 0.3 is 11.8 Å². The van der Waals surface area contributed by atoms with Crippen molar-refractivity contribution in [2.45, 2.75) is 33.2 Å². The minimum Gasteiger partial charge on any atom is -0.464 e. The van der Waals surface area contributed by atoms with E-state index in [-0.39, 0.29) is 11.7 Å². The van der Waals surface area contributed by atoms with Crippen molar-refractivity contribution in [1.82, 2.24) is 9.78 Å². The number of aromatic nitrogens is 2. The lowest BCUT2D eigenvalue weighted by atomic mass is 10.2. The van der Waals surface area contributed by atoms with Crippen LogP contribution in [-0.4, -0.2) is 27.3 Å². The molecule has 0 aromatic carbocycles. The molecular formula is C11H17N3O4. The standard InChI is InChI=1S/C11H17N3O4/c1-4-9(11(15)18-7-8(2)3)13-6-5-10(12-13)14(16)17/h5-6,8-9H,4,7H2,1-3H3. The molecule has 18 heavy (non-hydrogen) atoms. The van der Waals surface area contributed by atoms with Crippen LogP contribution in [0.15, 0.2) is 12.3 Å². The number of carbonyl (C=O) groups excluding carboxylic acids is 1. The Bertz CT molecular complexity index is 428. The smallest absolute Gasteiger partial charge is 0.389 e. The predicted octanol–water partition coefficient (Wildman–Crippen LogP) is 1.94. The Morgan fingerprint density at radius 1 is 1.61 bits per heavy atom. The highest BCUT2D eigenvalue weighted by Crippen LogP contribution is 2.16. The van der Waals surface area contributed by atoms with Crippen LogP contribution in [0.4, 0.5) is 5.82 Å². The summed E-state index contributed by atoms with van der Waals surface area (Å²) in [5.41, 5.74) is 0. The van der Waals surface area contributed by atoms with Gasteiger partial charge in [0.2, 0.25) is 0 Å². The Hall–Kier alpha value is -1.92. The van der Waals surface area contributed by atoms with Crippen molar-refractivity contribution in [3.8, 4) is 0 Å². The maximum atomic E-state index is 11.8. The highest BCUT2D eigenvalue weighted by molar-refractivity contribution is 5.74. The van der Waals surface area contributed by atoms with Gasteiger partial charge in [-0.25, -0.2) is 4.79 Å². The summed E-state index contributed by atoms with van der Waals surface area (Å²) in [6.07, 6.45) is 1.89. The molecule has 0 N–H and O–H groups in total. The van der Waals surface area contributed by atoms with Gasteiger partial charge in [0.15, 0.2) is 6.04 Å². The lowest BCUT2D eigenvalue weighted by molar-refractivity contribution is -0.389. The summed E-state index contributed by atoms with van der Waals surface area (Å²) < 4.78 is 6.39. The van der Waals surface area contributed by atoms with Crippen molar-refractivity contribution in [2.75, 3.05) is 6.61 Å². The van der Waals surface area contributed by atoms with Crippen LogP contribution in [0, 0.1) is 16.0 Å². The number of esters is 1. The molecule has 1 heterocycles. The molecule has 0 aliphatic carbocycles. The zero-order valence-electron chi connectivity index (χ0n) is 10.7. The van der Waals surface area contributed by atoms with E-state index < -0.39 is 16.9 Å². The third-order valence-electron chi connectivity index (χ3n) is 2.32. The van der Waals surface area contributed by atoms with Gasteiger partial charge in [0.1, 0.15) is 0 Å². The quantitative estimate of drug-likeness (QED) is 0.440. The summed E-state index contributed by atoms with van der Waals surface area (Å²) in [5.74, 6) is -0.437. The van der Waals surface area contributed by atoms with Gasteiger partial charge in [0.25, 0.3) is 0 Å². The summed E-state index contributed by atoms with van der Waals surface area (Å²) >= 11 is 0. The van der Waals surface area contributed by atoms with Gasteiger partial charge in [0, 0.05) is 0 Å². The maximum absolute atomic E-state index is 11.8. The van der Waals surface area contributed by atoms with Crippen molar-refractivity contribution in [3.63, 3.8) is 0 Å². The van der Waals surface area contributed by atoms with Crippen LogP contribution in [0.25, 0.3) is 0 Å². The maximum Gasteiger partial charge on any atom is 0.389 e. The van der Waals surface area contributed by atoms with E-state index in [9.17, 15) is 14.9 Å². The second kappa shape index (κ2) is 6.13. The van der Waals surface area contributed by atoms with Crippen LogP contribution in [0.3, 0.4) is 0 Å². The van der Waals surface area contributed by atoms with Crippen LogP contribution in [-0.2, 0) is 9.53 Å². The summed E-state index contributed by atoms with van der Waals surface area (Å²) in [7, 11) is 0. The average Bonchev–Trinajstić information content (AvgIpc) is 2.77. The molecule has 0 saturated heterocycles. The minimum atomic E-state index is -0.613. The molecule has 0 aliphatic heterocycles. The van der Waals surface area contributed by atoms with E-state index in [1.165, 1.54) is 16.9 Å². The fourth-order valence-electron chi connectivity index (χ4n) is 1.41. The molecule has 0 bridgehead atoms. The predicted molar refractivity (Wildman–Crippen MR) is 64.0 cm³/mol. The van der Waals surface area contributed by atoms with Crippen LogP contribution in [0.1, 0.15) is 33.2 Å². The van der Waals surface area contributed by atoms with Crippen molar-refractivity contribution in [1.29, 1.82) is 0 Å². The Labute approximate surface area is 105 Å². The molecule has 7 heteroatoms. The molecule has 0 fully saturated rings. The van der Waals surface area contributed by atoms with E-state index >= 15 is 0 Å². The Kier molecular flexibility index (Phi) is 4.82. The molecule has 1 unspecified atom stereocenters. The summed E-state index contributed by atoms with van der Waals surface area (Å²) in [6, 6.07) is 0.649. The van der Waals surface area contributed by atoms with E-state index in [2.05, 4.69) is 5.10 Å². The molecule has 100 valence electrons. The number of rotatable bonds is 6. The first-order valence-electron chi connectivity index (χ1n) is 5.81. The molecule has 0 radical (unpaired) electrons. The van der Waals surface area contributed by atoms with E-state index in [0.29, 0.717) is 13.0 Å². The van der Waals surface area contributed by atoms with E-state index in [4.69, 9.17) is 4.74 Å². The van der Waals surface area contributed by atoms with Gasteiger partial charge in [-0.05, 0) is 17.3 Å². The topological polar surface area (TPSA) is 87.3 Å². The number of nitrogens with zero attached hydrogens (tertiary/aromatic N) is 3. The van der Waals surface area contributed by atoms with Crippen molar-refractivity contribution >= 4 is 11.8 Å². The average molecular weight is 255 g/mol. The van der Waals surface area contributed by atoms with Gasteiger partial charge in [-0.1, -0.05) is 20.8 Å². The van der Waals surface area contributed by atoms with Gasteiger partial charge in [0.05, 0.1) is 24.0 Å². The Morgan fingerprint density at radius 3 is 2.72 bits per heavy atom. The highest BCUT2D eigenvalue weighted by Gasteiger charge is 2.25. The molecule has 7 nitrogen and oxygen atoms in total. The van der Waals surface area contributed by atoms with Gasteiger partial charge in [-0.15, -0.1) is 0 Å². The number of carbonyl (C=O) groups is 1. The summed E-state index contributed by atoms with van der Waals surface area (Å²) in [4.78, 5) is 21.7. The van der Waals surface area contributed by atoms with E-state index in [1.54, 1.807) is 6.92 Å². The molecule has 0 amide bonds. The first-order valence-corrected chi connectivity index (χ1v) is 5.81. The van der Waals surface area contributed by atoms with E-state index in [0.717, 1.165) is 0 Å². The fourth-order valence-corrected chi connectivity index (χ4v) is 1.41. The van der Waals surface area contributed by atoms with Crippen LogP contribution in [0.2, 0.25) is 0 Å². The third-order valence-corrected chi connectivity index (χ3v) is 2.32. The lowest BCUT2D eigenvalue weighted by Gasteiger charge is -2.13. The molecule has 0 spiro atoms. The molecular weight excluding hydrogens is 238 g/mol. The molecule has 0 saturated carbocycles. The zero-order valence-corrected chi connectivity index (χ0v) is 10.7. The first-order chi connectivity index (χ1) is 8.45. The number of nitro groups is 1. The molecule has 1 aromatic heterocycles. The number of hydrogen-bond acceptors (Lipinski definition) is 5. The second-order valence-electron chi connectivity index (χ2n) is 4.36. The van der Waals surface area contributed by atoms with Gasteiger partial charge in [-0.3, -0.25) is 0 Å². The molecule has 1 aromatic rings. The zero-order chi connectivity index (χ0) is 13.7. The highest BCUT2D eigenvalue weighted by atomic mass is 16.6. The van der Waals surface area contributed by atoms with Gasteiger partial charge < -0.3 is 14.9 Å². The van der Waals surface area contributed by atoms with E-state index in [1.807, 2.05) is 13.8 Å². The summed E-state index contributed by atoms with van der Waals surface area (Å²) in [5, 5.41) is 14.3. The minimum absolute atomic E-state index is 0.249. The molecule has 0 aliphatic rings. The second-order valence-corrected chi connectivity index (χ2v) is 4.36. The molecule has 1 atom stereocenters. The molecule has 1 rings (SSSR count). The Morgan fingerprint density at radius 2 is 2.28 bits per heavy atom. The monoisotopic (exact) mass is 255 g/mol. The fraction of sp³-hybridized carbons (Fsp3) is 0.636. The van der Waals surface area contributed by atoms with Gasteiger partial charge in [-0.2, -0.15) is 4.68 Å². The number of ether oxygens (including phenoxy) is 1. The third kappa shape index (κ3) is 3.54.